The fraction of sp³-hybridized carbons (Fsp3) is 0.118. The molecular formula is C17H15FN2OS. The molecule has 0 saturated carbocycles. The van der Waals surface area contributed by atoms with E-state index in [-0.39, 0.29) is 5.82 Å². The third kappa shape index (κ3) is 4.05. The van der Waals surface area contributed by atoms with Crippen LogP contribution in [0.5, 0.6) is 5.75 Å². The largest absolute Gasteiger partial charge is 0.489 e. The zero-order chi connectivity index (χ0) is 15.2. The van der Waals surface area contributed by atoms with E-state index in [1.807, 2.05) is 29.6 Å². The minimum absolute atomic E-state index is 0.237. The van der Waals surface area contributed by atoms with Gasteiger partial charge in [0.2, 0.25) is 0 Å². The number of anilines is 1. The van der Waals surface area contributed by atoms with E-state index in [1.165, 1.54) is 12.1 Å². The van der Waals surface area contributed by atoms with Crippen LogP contribution in [0.25, 0.3) is 0 Å². The Morgan fingerprint density at radius 2 is 1.95 bits per heavy atom. The molecule has 1 N–H and O–H groups in total. The van der Waals surface area contributed by atoms with Crippen LogP contribution in [0.3, 0.4) is 0 Å². The van der Waals surface area contributed by atoms with Crippen LogP contribution < -0.4 is 10.1 Å². The Hall–Kier alpha value is -2.40. The number of thiazole rings is 1. The molecule has 112 valence electrons. The van der Waals surface area contributed by atoms with Crippen molar-refractivity contribution in [3.8, 4) is 5.75 Å². The summed E-state index contributed by atoms with van der Waals surface area (Å²) in [4.78, 5) is 4.18. The van der Waals surface area contributed by atoms with Crippen molar-refractivity contribution in [2.24, 2.45) is 0 Å². The number of ether oxygens (including phenoxy) is 1. The summed E-state index contributed by atoms with van der Waals surface area (Å²) < 4.78 is 18.6. The van der Waals surface area contributed by atoms with Gasteiger partial charge in [0.1, 0.15) is 18.2 Å². The van der Waals surface area contributed by atoms with E-state index in [0.717, 1.165) is 22.0 Å². The first-order chi connectivity index (χ1) is 10.8. The number of nitrogens with zero attached hydrogens (tertiary/aromatic N) is 1. The Balaban J connectivity index is 1.57. The van der Waals surface area contributed by atoms with Crippen LogP contribution in [0.4, 0.5) is 9.52 Å². The van der Waals surface area contributed by atoms with E-state index in [1.54, 1.807) is 29.7 Å². The number of aromatic nitrogens is 1. The number of benzene rings is 2. The smallest absolute Gasteiger partial charge is 0.182 e. The summed E-state index contributed by atoms with van der Waals surface area (Å²) in [6, 6.07) is 14.2. The van der Waals surface area contributed by atoms with Crippen LogP contribution in [-0.2, 0) is 13.2 Å². The van der Waals surface area contributed by atoms with E-state index in [2.05, 4.69) is 10.3 Å². The molecule has 0 aliphatic carbocycles. The topological polar surface area (TPSA) is 34.1 Å². The van der Waals surface area contributed by atoms with Gasteiger partial charge in [-0.25, -0.2) is 9.37 Å². The van der Waals surface area contributed by atoms with Crippen molar-refractivity contribution in [3.05, 3.63) is 77.1 Å². The zero-order valence-corrected chi connectivity index (χ0v) is 12.6. The second-order valence-corrected chi connectivity index (χ2v) is 5.65. The lowest BCUT2D eigenvalue weighted by molar-refractivity contribution is 0.306. The molecule has 22 heavy (non-hydrogen) atoms. The van der Waals surface area contributed by atoms with Gasteiger partial charge >= 0.3 is 0 Å². The predicted molar refractivity (Wildman–Crippen MR) is 86.6 cm³/mol. The van der Waals surface area contributed by atoms with Crippen molar-refractivity contribution in [1.29, 1.82) is 0 Å². The lowest BCUT2D eigenvalue weighted by Crippen LogP contribution is -2.00. The summed E-state index contributed by atoms with van der Waals surface area (Å²) in [5.41, 5.74) is 2.06. The van der Waals surface area contributed by atoms with Crippen molar-refractivity contribution in [1.82, 2.24) is 4.98 Å². The number of halogens is 1. The number of nitrogens with one attached hydrogen (secondary N) is 1. The Labute approximate surface area is 132 Å². The Morgan fingerprint density at radius 1 is 1.09 bits per heavy atom. The highest BCUT2D eigenvalue weighted by Gasteiger charge is 2.00. The highest BCUT2D eigenvalue weighted by molar-refractivity contribution is 7.13. The Bertz CT molecular complexity index is 714. The minimum atomic E-state index is -0.237. The number of hydrogen-bond donors (Lipinski definition) is 1. The standard InChI is InChI=1S/C17H15FN2OS/c18-15-6-4-13(5-7-15)12-21-16-3-1-2-14(10-16)11-20-17-19-8-9-22-17/h1-10H,11-12H2,(H,19,20). The second kappa shape index (κ2) is 7.04. The maximum absolute atomic E-state index is 12.9. The highest BCUT2D eigenvalue weighted by Crippen LogP contribution is 2.17. The lowest BCUT2D eigenvalue weighted by Gasteiger charge is -2.09. The summed E-state index contributed by atoms with van der Waals surface area (Å²) in [6.07, 6.45) is 1.77. The molecular weight excluding hydrogens is 299 g/mol. The zero-order valence-electron chi connectivity index (χ0n) is 11.8. The summed E-state index contributed by atoms with van der Waals surface area (Å²) in [5.74, 6) is 0.557. The van der Waals surface area contributed by atoms with Gasteiger partial charge in [0.05, 0.1) is 0 Å². The monoisotopic (exact) mass is 314 g/mol. The van der Waals surface area contributed by atoms with Gasteiger partial charge in [0.15, 0.2) is 5.13 Å². The van der Waals surface area contributed by atoms with Crippen LogP contribution in [0.15, 0.2) is 60.1 Å². The molecule has 0 bridgehead atoms. The normalized spacial score (nSPS) is 10.4. The molecule has 0 saturated heterocycles. The quantitative estimate of drug-likeness (QED) is 0.729. The third-order valence-corrected chi connectivity index (χ3v) is 3.82. The van der Waals surface area contributed by atoms with Gasteiger partial charge in [-0.05, 0) is 35.4 Å². The third-order valence-electron chi connectivity index (χ3n) is 3.09. The van der Waals surface area contributed by atoms with Crippen LogP contribution in [0.1, 0.15) is 11.1 Å². The highest BCUT2D eigenvalue weighted by atomic mass is 32.1. The van der Waals surface area contributed by atoms with Gasteiger partial charge in [-0.3, -0.25) is 0 Å². The summed E-state index contributed by atoms with van der Waals surface area (Å²) in [7, 11) is 0. The molecule has 3 aromatic rings. The average molecular weight is 314 g/mol. The molecule has 0 spiro atoms. The SMILES string of the molecule is Fc1ccc(COc2cccc(CNc3nccs3)c2)cc1. The van der Waals surface area contributed by atoms with Gasteiger partial charge < -0.3 is 10.1 Å². The van der Waals surface area contributed by atoms with E-state index < -0.39 is 0 Å². The van der Waals surface area contributed by atoms with Crippen LogP contribution in [-0.4, -0.2) is 4.98 Å². The molecule has 0 amide bonds. The Kier molecular flexibility index (Phi) is 4.65. The first-order valence-electron chi connectivity index (χ1n) is 6.89. The molecule has 0 unspecified atom stereocenters. The van der Waals surface area contributed by atoms with E-state index in [9.17, 15) is 4.39 Å². The molecule has 3 nitrogen and oxygen atoms in total. The first kappa shape index (κ1) is 14.5. The average Bonchev–Trinajstić information content (AvgIpc) is 3.06. The van der Waals surface area contributed by atoms with Gasteiger partial charge in [-0.1, -0.05) is 24.3 Å². The molecule has 0 fully saturated rings. The van der Waals surface area contributed by atoms with Gasteiger partial charge in [-0.15, -0.1) is 11.3 Å². The summed E-state index contributed by atoms with van der Waals surface area (Å²) in [6.45, 7) is 1.12. The van der Waals surface area contributed by atoms with E-state index >= 15 is 0 Å². The fourth-order valence-corrected chi connectivity index (χ4v) is 2.51. The lowest BCUT2D eigenvalue weighted by atomic mass is 10.2. The summed E-state index contributed by atoms with van der Waals surface area (Å²) >= 11 is 1.57. The van der Waals surface area contributed by atoms with Crippen molar-refractivity contribution in [3.63, 3.8) is 0 Å². The van der Waals surface area contributed by atoms with Crippen molar-refractivity contribution >= 4 is 16.5 Å². The molecule has 0 aliphatic rings. The first-order valence-corrected chi connectivity index (χ1v) is 7.77. The Morgan fingerprint density at radius 3 is 2.73 bits per heavy atom. The van der Waals surface area contributed by atoms with Gasteiger partial charge in [0.25, 0.3) is 0 Å². The molecule has 3 rings (SSSR count). The van der Waals surface area contributed by atoms with Crippen molar-refractivity contribution in [2.75, 3.05) is 5.32 Å². The van der Waals surface area contributed by atoms with Crippen molar-refractivity contribution in [2.45, 2.75) is 13.2 Å². The molecule has 5 heteroatoms. The van der Waals surface area contributed by atoms with E-state index in [4.69, 9.17) is 4.74 Å². The predicted octanol–water partition coefficient (Wildman–Crippen LogP) is 4.47. The maximum atomic E-state index is 12.9. The number of rotatable bonds is 6. The minimum Gasteiger partial charge on any atom is -0.489 e. The molecule has 1 heterocycles. The summed E-state index contributed by atoms with van der Waals surface area (Å²) in [5, 5.41) is 6.09. The maximum Gasteiger partial charge on any atom is 0.182 e. The van der Waals surface area contributed by atoms with Gasteiger partial charge in [-0.2, -0.15) is 0 Å². The molecule has 0 aliphatic heterocycles. The van der Waals surface area contributed by atoms with Gasteiger partial charge in [0, 0.05) is 18.1 Å². The number of hydrogen-bond acceptors (Lipinski definition) is 4. The fourth-order valence-electron chi connectivity index (χ4n) is 1.98. The van der Waals surface area contributed by atoms with Crippen LogP contribution >= 0.6 is 11.3 Å². The van der Waals surface area contributed by atoms with Crippen LogP contribution in [0.2, 0.25) is 0 Å². The molecule has 1 aromatic heterocycles. The second-order valence-electron chi connectivity index (χ2n) is 4.75. The molecule has 0 radical (unpaired) electrons. The van der Waals surface area contributed by atoms with E-state index in [0.29, 0.717) is 13.2 Å². The van der Waals surface area contributed by atoms with Crippen molar-refractivity contribution < 1.29 is 9.13 Å². The van der Waals surface area contributed by atoms with Crippen LogP contribution in [0, 0.1) is 5.82 Å². The molecule has 0 atom stereocenters. The molecule has 2 aromatic carbocycles.